The lowest BCUT2D eigenvalue weighted by Crippen LogP contribution is -2.25. The molecule has 33 heavy (non-hydrogen) atoms. The molecule has 0 spiro atoms. The molecule has 6 heteroatoms. The first-order valence-corrected chi connectivity index (χ1v) is 11.7. The summed E-state index contributed by atoms with van der Waals surface area (Å²) in [5.41, 5.74) is 5.33. The van der Waals surface area contributed by atoms with Crippen molar-refractivity contribution in [3.8, 4) is 16.9 Å². The van der Waals surface area contributed by atoms with Crippen LogP contribution in [0.5, 0.6) is 5.75 Å². The lowest BCUT2D eigenvalue weighted by Gasteiger charge is -2.19. The summed E-state index contributed by atoms with van der Waals surface area (Å²) in [4.78, 5) is 24.2. The summed E-state index contributed by atoms with van der Waals surface area (Å²) in [6.45, 7) is 9.69. The van der Waals surface area contributed by atoms with Crippen LogP contribution in [0.2, 0.25) is 0 Å². The summed E-state index contributed by atoms with van der Waals surface area (Å²) in [5, 5.41) is 3.07. The van der Waals surface area contributed by atoms with E-state index in [0.717, 1.165) is 59.1 Å². The molecule has 1 aliphatic rings. The molecule has 1 atom stereocenters. The van der Waals surface area contributed by atoms with Gasteiger partial charge in [0, 0.05) is 34.7 Å². The number of carbonyl (C=O) groups excluding carboxylic acids is 1. The second-order valence-electron chi connectivity index (χ2n) is 8.65. The second-order valence-corrected chi connectivity index (χ2v) is 8.65. The van der Waals surface area contributed by atoms with Gasteiger partial charge in [-0.05, 0) is 70.5 Å². The summed E-state index contributed by atoms with van der Waals surface area (Å²) < 4.78 is 6.23. The van der Waals surface area contributed by atoms with Crippen LogP contribution in [0.15, 0.2) is 54.9 Å². The number of nitrogens with zero attached hydrogens (tertiary/aromatic N) is 3. The predicted molar refractivity (Wildman–Crippen MR) is 132 cm³/mol. The molecular formula is C27H32N4O2. The monoisotopic (exact) mass is 444 g/mol. The first kappa shape index (κ1) is 22.9. The maximum Gasteiger partial charge on any atom is 0.231 e. The van der Waals surface area contributed by atoms with Crippen LogP contribution >= 0.6 is 0 Å². The number of carbonyl (C=O) groups is 1. The highest BCUT2D eigenvalue weighted by Crippen LogP contribution is 2.36. The normalized spacial score (nSPS) is 14.8. The van der Waals surface area contributed by atoms with Gasteiger partial charge < -0.3 is 10.1 Å². The number of hydrogen-bond acceptors (Lipinski definition) is 5. The molecule has 3 aromatic rings. The molecular weight excluding hydrogens is 412 g/mol. The number of benzene rings is 2. The number of aromatic nitrogens is 2. The first-order chi connectivity index (χ1) is 16.0. The average Bonchev–Trinajstić information content (AvgIpc) is 3.34. The van der Waals surface area contributed by atoms with E-state index in [0.29, 0.717) is 6.61 Å². The molecule has 2 heterocycles. The predicted octanol–water partition coefficient (Wildman–Crippen LogP) is 4.98. The van der Waals surface area contributed by atoms with Gasteiger partial charge >= 0.3 is 0 Å². The minimum Gasteiger partial charge on any atom is -0.492 e. The number of hydrogen-bond donors (Lipinski definition) is 1. The Labute approximate surface area is 196 Å². The van der Waals surface area contributed by atoms with Gasteiger partial charge in [0.05, 0.1) is 5.92 Å². The van der Waals surface area contributed by atoms with Crippen LogP contribution in [-0.4, -0.2) is 47.0 Å². The molecule has 6 nitrogen and oxygen atoms in total. The summed E-state index contributed by atoms with van der Waals surface area (Å²) in [6, 6.07) is 15.6. The van der Waals surface area contributed by atoms with Gasteiger partial charge in [-0.3, -0.25) is 9.69 Å². The van der Waals surface area contributed by atoms with Gasteiger partial charge in [0.2, 0.25) is 5.91 Å². The SMILES string of the molecule is Cc1ncnc(C)c1-c1cc(NC(=O)C(C)c2ccccc2)ccc1OCCN1CCCC1. The van der Waals surface area contributed by atoms with Crippen molar-refractivity contribution in [1.29, 1.82) is 0 Å². The molecule has 1 aromatic heterocycles. The first-order valence-electron chi connectivity index (χ1n) is 11.7. The fourth-order valence-corrected chi connectivity index (χ4v) is 4.35. The third kappa shape index (κ3) is 5.57. The second kappa shape index (κ2) is 10.6. The van der Waals surface area contributed by atoms with Gasteiger partial charge in [0.25, 0.3) is 0 Å². The standard InChI is InChI=1S/C27H32N4O2/c1-19(22-9-5-4-6-10-22)27(32)30-23-11-12-25(33-16-15-31-13-7-8-14-31)24(17-23)26-20(2)28-18-29-21(26)3/h4-6,9-12,17-19H,7-8,13-16H2,1-3H3,(H,30,32). The fraction of sp³-hybridized carbons (Fsp3) is 0.370. The molecule has 0 radical (unpaired) electrons. The van der Waals surface area contributed by atoms with Gasteiger partial charge in [0.15, 0.2) is 0 Å². The molecule has 0 bridgehead atoms. The maximum atomic E-state index is 12.9. The lowest BCUT2D eigenvalue weighted by molar-refractivity contribution is -0.117. The highest BCUT2D eigenvalue weighted by Gasteiger charge is 2.19. The summed E-state index contributed by atoms with van der Waals surface area (Å²) >= 11 is 0. The van der Waals surface area contributed by atoms with Gasteiger partial charge in [-0.2, -0.15) is 0 Å². The lowest BCUT2D eigenvalue weighted by atomic mass is 9.99. The van der Waals surface area contributed by atoms with Gasteiger partial charge in [-0.15, -0.1) is 0 Å². The number of anilines is 1. The Hall–Kier alpha value is -3.25. The molecule has 1 amide bonds. The maximum absolute atomic E-state index is 12.9. The van der Waals surface area contributed by atoms with Crippen LogP contribution in [0.1, 0.15) is 42.6 Å². The Balaban J connectivity index is 1.58. The van der Waals surface area contributed by atoms with Crippen molar-refractivity contribution < 1.29 is 9.53 Å². The van der Waals surface area contributed by atoms with Crippen LogP contribution in [0.3, 0.4) is 0 Å². The number of rotatable bonds is 8. The highest BCUT2D eigenvalue weighted by atomic mass is 16.5. The van der Waals surface area contributed by atoms with E-state index in [1.807, 2.05) is 69.3 Å². The number of likely N-dealkylation sites (tertiary alicyclic amines) is 1. The van der Waals surface area contributed by atoms with Gasteiger partial charge in [-0.1, -0.05) is 30.3 Å². The molecule has 1 aliphatic heterocycles. The smallest absolute Gasteiger partial charge is 0.231 e. The Morgan fingerprint density at radius 2 is 1.76 bits per heavy atom. The minimum atomic E-state index is -0.255. The van der Waals surface area contributed by atoms with E-state index in [1.165, 1.54) is 12.8 Å². The molecule has 1 N–H and O–H groups in total. The van der Waals surface area contributed by atoms with Crippen molar-refractivity contribution in [3.63, 3.8) is 0 Å². The molecule has 1 saturated heterocycles. The van der Waals surface area contributed by atoms with Crippen molar-refractivity contribution in [1.82, 2.24) is 14.9 Å². The van der Waals surface area contributed by atoms with Crippen LogP contribution in [0.4, 0.5) is 5.69 Å². The van der Waals surface area contributed by atoms with Crippen LogP contribution in [-0.2, 0) is 4.79 Å². The molecule has 0 aliphatic carbocycles. The Morgan fingerprint density at radius 1 is 1.06 bits per heavy atom. The number of nitrogens with one attached hydrogen (secondary N) is 1. The van der Waals surface area contributed by atoms with Crippen LogP contribution < -0.4 is 10.1 Å². The van der Waals surface area contributed by atoms with Crippen molar-refractivity contribution in [3.05, 3.63) is 71.8 Å². The Kier molecular flexibility index (Phi) is 7.35. The van der Waals surface area contributed by atoms with E-state index in [9.17, 15) is 4.79 Å². The molecule has 172 valence electrons. The van der Waals surface area contributed by atoms with Crippen molar-refractivity contribution in [2.45, 2.75) is 39.5 Å². The molecule has 1 fully saturated rings. The molecule has 2 aromatic carbocycles. The molecule has 0 saturated carbocycles. The molecule has 4 rings (SSSR count). The summed E-state index contributed by atoms with van der Waals surface area (Å²) in [5.74, 6) is 0.478. The summed E-state index contributed by atoms with van der Waals surface area (Å²) in [6.07, 6.45) is 4.11. The zero-order valence-corrected chi connectivity index (χ0v) is 19.7. The fourth-order valence-electron chi connectivity index (χ4n) is 4.35. The third-order valence-electron chi connectivity index (χ3n) is 6.30. The van der Waals surface area contributed by atoms with Crippen LogP contribution in [0, 0.1) is 13.8 Å². The molecule has 1 unspecified atom stereocenters. The van der Waals surface area contributed by atoms with Crippen molar-refractivity contribution >= 4 is 11.6 Å². The van der Waals surface area contributed by atoms with E-state index in [4.69, 9.17) is 4.74 Å². The number of ether oxygens (including phenoxy) is 1. The zero-order valence-electron chi connectivity index (χ0n) is 19.7. The number of amides is 1. The van der Waals surface area contributed by atoms with E-state index in [1.54, 1.807) is 6.33 Å². The zero-order chi connectivity index (χ0) is 23.2. The van der Waals surface area contributed by atoms with E-state index >= 15 is 0 Å². The van der Waals surface area contributed by atoms with E-state index < -0.39 is 0 Å². The summed E-state index contributed by atoms with van der Waals surface area (Å²) in [7, 11) is 0. The Bertz CT molecular complexity index is 1070. The topological polar surface area (TPSA) is 67.3 Å². The highest BCUT2D eigenvalue weighted by molar-refractivity contribution is 5.96. The quantitative estimate of drug-likeness (QED) is 0.531. The minimum absolute atomic E-state index is 0.0485. The van der Waals surface area contributed by atoms with Crippen molar-refractivity contribution in [2.24, 2.45) is 0 Å². The largest absolute Gasteiger partial charge is 0.492 e. The van der Waals surface area contributed by atoms with E-state index in [-0.39, 0.29) is 11.8 Å². The van der Waals surface area contributed by atoms with E-state index in [2.05, 4.69) is 20.2 Å². The third-order valence-corrected chi connectivity index (χ3v) is 6.30. The van der Waals surface area contributed by atoms with Gasteiger partial charge in [0.1, 0.15) is 18.7 Å². The van der Waals surface area contributed by atoms with Crippen molar-refractivity contribution in [2.75, 3.05) is 31.6 Å². The van der Waals surface area contributed by atoms with Gasteiger partial charge in [-0.25, -0.2) is 9.97 Å². The number of aryl methyl sites for hydroxylation is 2. The average molecular weight is 445 g/mol. The van der Waals surface area contributed by atoms with Crippen LogP contribution in [0.25, 0.3) is 11.1 Å². The Morgan fingerprint density at radius 3 is 2.45 bits per heavy atom.